The molecule has 3 aromatic rings. The predicted molar refractivity (Wildman–Crippen MR) is 122 cm³/mol. The highest BCUT2D eigenvalue weighted by atomic mass is 16.5. The largest absolute Gasteiger partial charge is 0.507 e. The van der Waals surface area contributed by atoms with Gasteiger partial charge in [-0.25, -0.2) is 0 Å². The molecule has 1 aromatic heterocycles. The Kier molecular flexibility index (Phi) is 5.71. The van der Waals surface area contributed by atoms with Gasteiger partial charge in [0, 0.05) is 37.6 Å². The van der Waals surface area contributed by atoms with Crippen LogP contribution in [0.5, 0.6) is 11.5 Å². The molecule has 0 atom stereocenters. The number of hydrogen-bond acceptors (Lipinski definition) is 6. The monoisotopic (exact) mass is 435 g/mol. The molecule has 1 saturated heterocycles. The van der Waals surface area contributed by atoms with Crippen LogP contribution in [0.15, 0.2) is 30.3 Å². The first-order valence-corrected chi connectivity index (χ1v) is 11.2. The summed E-state index contributed by atoms with van der Waals surface area (Å²) in [6.45, 7) is 5.29. The highest BCUT2D eigenvalue weighted by Crippen LogP contribution is 2.32. The fourth-order valence-electron chi connectivity index (χ4n) is 4.60. The standard InChI is InChI=1S/C24H29N5O3/c1-25-6-9-32-18-5-4-16-13-29(14-17(16)10-18)24(31)20-11-19-21(12-23(20)30)26-27-22(19)15-28-7-2-3-8-28/h4-5,10-12,25,30H,2-3,6-9,13-15H2,1H3,(H,26,27). The summed E-state index contributed by atoms with van der Waals surface area (Å²) in [5.74, 6) is 0.611. The second-order valence-electron chi connectivity index (χ2n) is 8.61. The number of H-pyrrole nitrogens is 1. The van der Waals surface area contributed by atoms with Gasteiger partial charge in [0.1, 0.15) is 18.1 Å². The molecule has 0 aliphatic carbocycles. The Morgan fingerprint density at radius 1 is 1.19 bits per heavy atom. The topological polar surface area (TPSA) is 93.7 Å². The summed E-state index contributed by atoms with van der Waals surface area (Å²) in [6, 6.07) is 9.37. The van der Waals surface area contributed by atoms with Gasteiger partial charge in [-0.2, -0.15) is 5.10 Å². The SMILES string of the molecule is CNCCOc1ccc2c(c1)CN(C(=O)c1cc3c(CN4CCCC4)n[nH]c3cc1O)C2. The summed E-state index contributed by atoms with van der Waals surface area (Å²) in [6.07, 6.45) is 2.43. The molecular weight excluding hydrogens is 406 g/mol. The van der Waals surface area contributed by atoms with E-state index in [0.717, 1.165) is 59.7 Å². The van der Waals surface area contributed by atoms with Crippen LogP contribution in [0, 0.1) is 0 Å². The summed E-state index contributed by atoms with van der Waals surface area (Å²) >= 11 is 0. The lowest BCUT2D eigenvalue weighted by atomic mass is 10.1. The Balaban J connectivity index is 1.35. The molecule has 8 nitrogen and oxygen atoms in total. The molecule has 0 spiro atoms. The van der Waals surface area contributed by atoms with E-state index in [1.54, 1.807) is 17.0 Å². The number of phenols is 1. The maximum atomic E-state index is 13.3. The fraction of sp³-hybridized carbons (Fsp3) is 0.417. The number of amides is 1. The summed E-state index contributed by atoms with van der Waals surface area (Å²) < 4.78 is 5.76. The minimum atomic E-state index is -0.174. The van der Waals surface area contributed by atoms with Gasteiger partial charge in [0.15, 0.2) is 0 Å². The average Bonchev–Trinajstić information content (AvgIpc) is 3.53. The second-order valence-corrected chi connectivity index (χ2v) is 8.61. The third-order valence-corrected chi connectivity index (χ3v) is 6.37. The van der Waals surface area contributed by atoms with Crippen molar-refractivity contribution in [1.29, 1.82) is 0 Å². The van der Waals surface area contributed by atoms with E-state index in [0.29, 0.717) is 25.3 Å². The maximum absolute atomic E-state index is 13.3. The predicted octanol–water partition coefficient (Wildman–Crippen LogP) is 2.62. The van der Waals surface area contributed by atoms with Gasteiger partial charge in [-0.1, -0.05) is 6.07 Å². The zero-order valence-corrected chi connectivity index (χ0v) is 18.4. The molecule has 0 bridgehead atoms. The van der Waals surface area contributed by atoms with Crippen molar-refractivity contribution in [3.8, 4) is 11.5 Å². The minimum Gasteiger partial charge on any atom is -0.507 e. The van der Waals surface area contributed by atoms with Crippen LogP contribution in [0.25, 0.3) is 10.9 Å². The molecule has 3 heterocycles. The van der Waals surface area contributed by atoms with E-state index in [1.807, 2.05) is 25.2 Å². The summed E-state index contributed by atoms with van der Waals surface area (Å²) in [7, 11) is 1.89. The van der Waals surface area contributed by atoms with Crippen LogP contribution in [0.2, 0.25) is 0 Å². The molecule has 2 aromatic carbocycles. The molecule has 0 saturated carbocycles. The van der Waals surface area contributed by atoms with Crippen LogP contribution >= 0.6 is 0 Å². The lowest BCUT2D eigenvalue weighted by molar-refractivity contribution is 0.0748. The fourth-order valence-corrected chi connectivity index (χ4v) is 4.60. The Bertz CT molecular complexity index is 1140. The van der Waals surface area contributed by atoms with Crippen LogP contribution in [-0.4, -0.2) is 64.3 Å². The Morgan fingerprint density at radius 3 is 2.81 bits per heavy atom. The highest BCUT2D eigenvalue weighted by Gasteiger charge is 2.27. The number of rotatable bonds is 7. The molecule has 2 aliphatic rings. The number of carbonyl (C=O) groups excluding carboxylic acids is 1. The third-order valence-electron chi connectivity index (χ3n) is 6.37. The van der Waals surface area contributed by atoms with E-state index >= 15 is 0 Å². The number of likely N-dealkylation sites (N-methyl/N-ethyl adjacent to an activating group) is 1. The average molecular weight is 436 g/mol. The van der Waals surface area contributed by atoms with E-state index in [-0.39, 0.29) is 11.7 Å². The minimum absolute atomic E-state index is 0.0223. The third kappa shape index (κ3) is 4.03. The van der Waals surface area contributed by atoms with Crippen molar-refractivity contribution in [1.82, 2.24) is 25.3 Å². The molecule has 1 amide bonds. The Morgan fingerprint density at radius 2 is 2.00 bits per heavy atom. The Hall–Kier alpha value is -3.10. The summed E-state index contributed by atoms with van der Waals surface area (Å²) in [5.41, 5.74) is 4.18. The molecule has 0 radical (unpaired) electrons. The highest BCUT2D eigenvalue weighted by molar-refractivity contribution is 6.01. The maximum Gasteiger partial charge on any atom is 0.258 e. The molecule has 8 heteroatoms. The normalized spacial score (nSPS) is 16.1. The van der Waals surface area contributed by atoms with Gasteiger partial charge in [-0.3, -0.25) is 14.8 Å². The van der Waals surface area contributed by atoms with Crippen LogP contribution < -0.4 is 10.1 Å². The lowest BCUT2D eigenvalue weighted by Crippen LogP contribution is -2.25. The van der Waals surface area contributed by atoms with E-state index < -0.39 is 0 Å². The molecule has 2 aliphatic heterocycles. The van der Waals surface area contributed by atoms with Crippen molar-refractivity contribution in [2.45, 2.75) is 32.5 Å². The van der Waals surface area contributed by atoms with Gasteiger partial charge in [-0.05, 0) is 62.3 Å². The quantitative estimate of drug-likeness (QED) is 0.494. The van der Waals surface area contributed by atoms with E-state index in [1.165, 1.54) is 12.8 Å². The molecule has 5 rings (SSSR count). The van der Waals surface area contributed by atoms with Gasteiger partial charge in [0.05, 0.1) is 16.8 Å². The molecular formula is C24H29N5O3. The molecule has 168 valence electrons. The smallest absolute Gasteiger partial charge is 0.258 e. The number of phenolic OH excluding ortho intramolecular Hbond substituents is 1. The van der Waals surface area contributed by atoms with Crippen molar-refractivity contribution in [2.24, 2.45) is 0 Å². The van der Waals surface area contributed by atoms with Crippen molar-refractivity contribution in [3.63, 3.8) is 0 Å². The van der Waals surface area contributed by atoms with Gasteiger partial charge < -0.3 is 20.1 Å². The summed E-state index contributed by atoms with van der Waals surface area (Å²) in [5, 5.41) is 22.0. The molecule has 1 fully saturated rings. The molecule has 32 heavy (non-hydrogen) atoms. The molecule has 0 unspecified atom stereocenters. The number of aromatic amines is 1. The van der Waals surface area contributed by atoms with Crippen LogP contribution in [-0.2, 0) is 19.6 Å². The number of nitrogens with one attached hydrogen (secondary N) is 2. The second kappa shape index (κ2) is 8.80. The van der Waals surface area contributed by atoms with E-state index in [9.17, 15) is 9.90 Å². The van der Waals surface area contributed by atoms with Gasteiger partial charge in [0.2, 0.25) is 0 Å². The number of nitrogens with zero attached hydrogens (tertiary/aromatic N) is 3. The first kappa shape index (κ1) is 20.8. The van der Waals surface area contributed by atoms with Gasteiger partial charge in [0.25, 0.3) is 5.91 Å². The van der Waals surface area contributed by atoms with Crippen molar-refractivity contribution in [3.05, 3.63) is 52.7 Å². The first-order chi connectivity index (χ1) is 15.6. The number of likely N-dealkylation sites (tertiary alicyclic amines) is 1. The number of aromatic nitrogens is 2. The number of ether oxygens (including phenoxy) is 1. The molecule has 3 N–H and O–H groups in total. The summed E-state index contributed by atoms with van der Waals surface area (Å²) in [4.78, 5) is 17.5. The Labute approximate surface area is 187 Å². The first-order valence-electron chi connectivity index (χ1n) is 11.2. The number of aromatic hydroxyl groups is 1. The van der Waals surface area contributed by atoms with Crippen molar-refractivity contribution in [2.75, 3.05) is 33.3 Å². The zero-order chi connectivity index (χ0) is 22.1. The van der Waals surface area contributed by atoms with Gasteiger partial charge in [-0.15, -0.1) is 0 Å². The number of fused-ring (bicyclic) bond motifs is 2. The lowest BCUT2D eigenvalue weighted by Gasteiger charge is -2.17. The number of carbonyl (C=O) groups is 1. The van der Waals surface area contributed by atoms with Crippen molar-refractivity contribution < 1.29 is 14.6 Å². The van der Waals surface area contributed by atoms with Crippen LogP contribution in [0.4, 0.5) is 0 Å². The number of hydrogen-bond donors (Lipinski definition) is 3. The van der Waals surface area contributed by atoms with E-state index in [2.05, 4.69) is 20.4 Å². The van der Waals surface area contributed by atoms with Crippen LogP contribution in [0.1, 0.15) is 40.0 Å². The van der Waals surface area contributed by atoms with E-state index in [4.69, 9.17) is 4.74 Å². The van der Waals surface area contributed by atoms with Crippen molar-refractivity contribution >= 4 is 16.8 Å². The van der Waals surface area contributed by atoms with Gasteiger partial charge >= 0.3 is 0 Å². The number of benzene rings is 2. The van der Waals surface area contributed by atoms with Crippen LogP contribution in [0.3, 0.4) is 0 Å². The zero-order valence-electron chi connectivity index (χ0n) is 18.4.